The standard InChI is InChI=1S/C40H46FN3O8Si/c1-25-37(53(3,4)41)34(23-35(46)42-21-11-12-27(42)24-45)52-40(25)29-22-26(18-19-30(29)43(39(40)49)20-10-9-17-36(47)50-2)44-31-14-6-8-16-33(31)51-32-15-7-5-13-28(32)38(44)48/h5-8,13-16,18-19,22,25,27,34,37,45H,9-12,17,20-21,23-24H2,1-4H3/t25-,27-,34+,37-,40+/m0/s1. The van der Waals surface area contributed by atoms with Crippen LogP contribution in [0.25, 0.3) is 0 Å². The van der Waals surface area contributed by atoms with Crippen LogP contribution in [0.1, 0.15) is 61.4 Å². The average Bonchev–Trinajstić information content (AvgIpc) is 3.78. The Morgan fingerprint density at radius 2 is 1.75 bits per heavy atom. The molecule has 0 unspecified atom stereocenters. The number of fused-ring (bicyclic) bond motifs is 4. The lowest BCUT2D eigenvalue weighted by atomic mass is 9.82. The van der Waals surface area contributed by atoms with E-state index < -0.39 is 31.6 Å². The number of halogens is 1. The SMILES string of the molecule is COC(=O)CCCCN1C(=O)[C@]2(O[C@H](CC(=O)N3CCC[C@H]3CO)[C@@H]([Si](C)(C)F)[C@@H]2C)c2cc(N3C(=O)c4ccccc4Oc4ccccc43)ccc21. The molecule has 1 N–H and O–H groups in total. The van der Waals surface area contributed by atoms with Gasteiger partial charge < -0.3 is 33.2 Å². The van der Waals surface area contributed by atoms with Crippen LogP contribution >= 0.6 is 0 Å². The molecular formula is C40H46FN3O8Si. The normalized spacial score (nSPS) is 24.9. The van der Waals surface area contributed by atoms with Gasteiger partial charge in [0.15, 0.2) is 11.4 Å². The Kier molecular flexibility index (Phi) is 9.94. The molecule has 4 heterocycles. The zero-order chi connectivity index (χ0) is 37.7. The molecule has 0 aliphatic carbocycles. The number of ether oxygens (including phenoxy) is 3. The summed E-state index contributed by atoms with van der Waals surface area (Å²) >= 11 is 0. The Morgan fingerprint density at radius 3 is 2.49 bits per heavy atom. The molecule has 2 saturated heterocycles. The summed E-state index contributed by atoms with van der Waals surface area (Å²) in [6.07, 6.45) is 1.60. The number of hydrogen-bond acceptors (Lipinski definition) is 8. The molecular weight excluding hydrogens is 698 g/mol. The number of amides is 3. The molecule has 0 saturated carbocycles. The average molecular weight is 744 g/mol. The van der Waals surface area contributed by atoms with E-state index in [1.54, 1.807) is 82.4 Å². The fraction of sp³-hybridized carbons (Fsp3) is 0.450. The molecule has 13 heteroatoms. The number of hydrogen-bond donors (Lipinski definition) is 1. The van der Waals surface area contributed by atoms with Gasteiger partial charge in [0.25, 0.3) is 11.8 Å². The van der Waals surface area contributed by atoms with Gasteiger partial charge in [-0.1, -0.05) is 31.2 Å². The third kappa shape index (κ3) is 6.32. The monoisotopic (exact) mass is 743 g/mol. The van der Waals surface area contributed by atoms with E-state index in [0.717, 1.165) is 6.42 Å². The highest BCUT2D eigenvalue weighted by Gasteiger charge is 2.67. The van der Waals surface area contributed by atoms with Crippen LogP contribution in [0.2, 0.25) is 18.6 Å². The maximum atomic E-state index is 16.6. The lowest BCUT2D eigenvalue weighted by Gasteiger charge is -2.31. The quantitative estimate of drug-likeness (QED) is 0.107. The van der Waals surface area contributed by atoms with Crippen LogP contribution in [-0.2, 0) is 29.5 Å². The summed E-state index contributed by atoms with van der Waals surface area (Å²) in [7, 11) is -2.26. The van der Waals surface area contributed by atoms with Gasteiger partial charge in [0.2, 0.25) is 14.3 Å². The Balaban J connectivity index is 1.33. The molecule has 4 aliphatic heterocycles. The van der Waals surface area contributed by atoms with Gasteiger partial charge in [-0.3, -0.25) is 24.1 Å². The highest BCUT2D eigenvalue weighted by Crippen LogP contribution is 2.61. The first-order chi connectivity index (χ1) is 25.4. The summed E-state index contributed by atoms with van der Waals surface area (Å²) in [5, 5.41) is 9.94. The van der Waals surface area contributed by atoms with Crippen molar-refractivity contribution in [3.63, 3.8) is 0 Å². The van der Waals surface area contributed by atoms with E-state index in [0.29, 0.717) is 65.5 Å². The minimum atomic E-state index is -3.60. The van der Waals surface area contributed by atoms with Crippen LogP contribution < -0.4 is 14.5 Å². The van der Waals surface area contributed by atoms with E-state index in [1.165, 1.54) is 7.11 Å². The summed E-state index contributed by atoms with van der Waals surface area (Å²) < 4.78 is 34.5. The van der Waals surface area contributed by atoms with Gasteiger partial charge >= 0.3 is 5.97 Å². The zero-order valence-corrected chi connectivity index (χ0v) is 31.5. The minimum absolute atomic E-state index is 0.124. The number of aliphatic hydroxyl groups is 1. The van der Waals surface area contributed by atoms with E-state index in [1.807, 2.05) is 19.1 Å². The molecule has 1 spiro atoms. The van der Waals surface area contributed by atoms with E-state index in [2.05, 4.69) is 0 Å². The second-order valence-electron chi connectivity index (χ2n) is 14.9. The molecule has 7 rings (SSSR count). The Morgan fingerprint density at radius 1 is 1.02 bits per heavy atom. The van der Waals surface area contributed by atoms with Crippen molar-refractivity contribution in [2.24, 2.45) is 5.92 Å². The molecule has 280 valence electrons. The first kappa shape index (κ1) is 36.8. The molecule has 3 aromatic rings. The first-order valence-electron chi connectivity index (χ1n) is 18.4. The second-order valence-corrected chi connectivity index (χ2v) is 18.7. The topological polar surface area (TPSA) is 126 Å². The molecule has 53 heavy (non-hydrogen) atoms. The van der Waals surface area contributed by atoms with Crippen LogP contribution in [0.5, 0.6) is 11.5 Å². The molecule has 5 atom stereocenters. The lowest BCUT2D eigenvalue weighted by Crippen LogP contribution is -2.45. The van der Waals surface area contributed by atoms with Crippen LogP contribution in [0.15, 0.2) is 66.7 Å². The van der Waals surface area contributed by atoms with Crippen LogP contribution in [0, 0.1) is 5.92 Å². The number of rotatable bonds is 10. The number of benzene rings is 3. The molecule has 11 nitrogen and oxygen atoms in total. The van der Waals surface area contributed by atoms with E-state index in [9.17, 15) is 24.3 Å². The van der Waals surface area contributed by atoms with Crippen molar-refractivity contribution in [1.82, 2.24) is 4.90 Å². The maximum absolute atomic E-state index is 16.6. The Labute approximate surface area is 309 Å². The molecule has 2 fully saturated rings. The largest absolute Gasteiger partial charge is 0.469 e. The van der Waals surface area contributed by atoms with Crippen molar-refractivity contribution in [2.45, 2.75) is 81.8 Å². The molecule has 0 radical (unpaired) electrons. The number of carbonyl (C=O) groups is 4. The van der Waals surface area contributed by atoms with Crippen molar-refractivity contribution in [3.05, 3.63) is 77.9 Å². The number of likely N-dealkylation sites (tertiary alicyclic amines) is 1. The summed E-state index contributed by atoms with van der Waals surface area (Å²) in [6, 6.07) is 19.3. The van der Waals surface area contributed by atoms with Gasteiger partial charge in [0, 0.05) is 42.2 Å². The van der Waals surface area contributed by atoms with Gasteiger partial charge in [-0.05, 0) is 81.2 Å². The molecule has 4 aliphatic rings. The third-order valence-corrected chi connectivity index (χ3v) is 13.8. The van der Waals surface area contributed by atoms with Gasteiger partial charge in [-0.15, -0.1) is 0 Å². The second kappa shape index (κ2) is 14.3. The number of methoxy groups -OCH3 is 1. The summed E-state index contributed by atoms with van der Waals surface area (Å²) in [5.41, 5.74) is 0.0325. The van der Waals surface area contributed by atoms with E-state index >= 15 is 4.11 Å². The summed E-state index contributed by atoms with van der Waals surface area (Å²) in [6.45, 7) is 5.63. The number of carbonyl (C=O) groups excluding carboxylic acids is 4. The van der Waals surface area contributed by atoms with Crippen LogP contribution in [0.4, 0.5) is 21.2 Å². The highest BCUT2D eigenvalue weighted by atomic mass is 28.4. The van der Waals surface area contributed by atoms with Gasteiger partial charge in [-0.2, -0.15) is 0 Å². The number of nitrogens with zero attached hydrogens (tertiary/aromatic N) is 3. The number of para-hydroxylation sites is 3. The Bertz CT molecular complexity index is 1940. The van der Waals surface area contributed by atoms with E-state index in [-0.39, 0.29) is 55.7 Å². The zero-order valence-electron chi connectivity index (χ0n) is 30.5. The number of anilines is 3. The van der Waals surface area contributed by atoms with Crippen LogP contribution in [0.3, 0.4) is 0 Å². The highest BCUT2D eigenvalue weighted by molar-refractivity contribution is 6.72. The van der Waals surface area contributed by atoms with E-state index in [4.69, 9.17) is 14.2 Å². The predicted octanol–water partition coefficient (Wildman–Crippen LogP) is 6.61. The maximum Gasteiger partial charge on any atom is 0.305 e. The molecule has 0 bridgehead atoms. The minimum Gasteiger partial charge on any atom is -0.469 e. The predicted molar refractivity (Wildman–Crippen MR) is 199 cm³/mol. The summed E-state index contributed by atoms with van der Waals surface area (Å²) in [4.78, 5) is 59.9. The van der Waals surface area contributed by atoms with Crippen LogP contribution in [-0.4, -0.2) is 81.1 Å². The number of unbranched alkanes of at least 4 members (excludes halogenated alkanes) is 1. The van der Waals surface area contributed by atoms with Crippen molar-refractivity contribution in [3.8, 4) is 11.5 Å². The molecule has 3 amide bonds. The smallest absolute Gasteiger partial charge is 0.305 e. The van der Waals surface area contributed by atoms with Crippen molar-refractivity contribution in [1.29, 1.82) is 0 Å². The van der Waals surface area contributed by atoms with Gasteiger partial charge in [0.05, 0.1) is 49.2 Å². The fourth-order valence-electron chi connectivity index (χ4n) is 8.95. The van der Waals surface area contributed by atoms with Crippen molar-refractivity contribution in [2.75, 3.05) is 36.6 Å². The lowest BCUT2D eigenvalue weighted by molar-refractivity contribution is -0.150. The van der Waals surface area contributed by atoms with Gasteiger partial charge in [0.1, 0.15) is 5.75 Å². The fourth-order valence-corrected chi connectivity index (χ4v) is 11.4. The van der Waals surface area contributed by atoms with Crippen molar-refractivity contribution >= 4 is 49.2 Å². The summed E-state index contributed by atoms with van der Waals surface area (Å²) in [5.74, 6) is -1.04. The Hall–Kier alpha value is -4.59. The first-order valence-corrected chi connectivity index (χ1v) is 21.4. The number of aliphatic hydroxyl groups excluding tert-OH is 1. The number of esters is 1. The molecule has 3 aromatic carbocycles. The molecule has 0 aromatic heterocycles. The van der Waals surface area contributed by atoms with Crippen molar-refractivity contribution < 1.29 is 42.6 Å². The third-order valence-electron chi connectivity index (χ3n) is 11.4. The van der Waals surface area contributed by atoms with Gasteiger partial charge in [-0.25, -0.2) is 0 Å².